The molecule has 0 bridgehead atoms. The molecule has 0 spiro atoms. The predicted molar refractivity (Wildman–Crippen MR) is 67.1 cm³/mol. The molecule has 19 heavy (non-hydrogen) atoms. The van der Waals surface area contributed by atoms with Gasteiger partial charge in [-0.2, -0.15) is 0 Å². The molecule has 0 radical (unpaired) electrons. The monoisotopic (exact) mass is 282 g/mol. The molecule has 6 nitrogen and oxygen atoms in total. The summed E-state index contributed by atoms with van der Waals surface area (Å²) in [5.41, 5.74) is 5.46. The Morgan fingerprint density at radius 3 is 2.74 bits per heavy atom. The van der Waals surface area contributed by atoms with Crippen molar-refractivity contribution >= 4 is 15.8 Å². The van der Waals surface area contributed by atoms with E-state index in [9.17, 15) is 12.8 Å². The number of halogens is 1. The standard InChI is InChI=1S/C11H11FN4O2S/c12-10-2-1-9(5-8(10)6-13)19(17,18)16-11-7-14-3-4-15-11/h1-5,7H,6,13H2,(H,15,16). The molecular weight excluding hydrogens is 271 g/mol. The Labute approximate surface area is 109 Å². The van der Waals surface area contributed by atoms with Crippen molar-refractivity contribution in [2.24, 2.45) is 5.73 Å². The predicted octanol–water partition coefficient (Wildman–Crippen LogP) is 0.875. The second-order valence-electron chi connectivity index (χ2n) is 3.65. The number of sulfonamides is 1. The molecule has 1 aromatic heterocycles. The van der Waals surface area contributed by atoms with Crippen LogP contribution in [-0.2, 0) is 16.6 Å². The molecule has 100 valence electrons. The fraction of sp³-hybridized carbons (Fsp3) is 0.0909. The van der Waals surface area contributed by atoms with Crippen LogP contribution in [0.3, 0.4) is 0 Å². The zero-order valence-electron chi connectivity index (χ0n) is 9.75. The molecule has 1 heterocycles. The number of hydrogen-bond acceptors (Lipinski definition) is 5. The average molecular weight is 282 g/mol. The molecule has 0 aliphatic heterocycles. The van der Waals surface area contributed by atoms with Crippen molar-refractivity contribution in [1.82, 2.24) is 9.97 Å². The van der Waals surface area contributed by atoms with Gasteiger partial charge in [0, 0.05) is 24.5 Å². The van der Waals surface area contributed by atoms with Crippen LogP contribution in [0.1, 0.15) is 5.56 Å². The number of rotatable bonds is 4. The third kappa shape index (κ3) is 3.04. The Hall–Kier alpha value is -2.06. The van der Waals surface area contributed by atoms with Gasteiger partial charge in [-0.3, -0.25) is 9.71 Å². The van der Waals surface area contributed by atoms with Crippen LogP contribution in [0.4, 0.5) is 10.2 Å². The van der Waals surface area contributed by atoms with E-state index in [0.29, 0.717) is 0 Å². The molecule has 0 saturated heterocycles. The van der Waals surface area contributed by atoms with Gasteiger partial charge in [0.25, 0.3) is 10.0 Å². The summed E-state index contributed by atoms with van der Waals surface area (Å²) < 4.78 is 39.6. The number of aromatic nitrogens is 2. The lowest BCUT2D eigenvalue weighted by molar-refractivity contribution is 0.596. The summed E-state index contributed by atoms with van der Waals surface area (Å²) >= 11 is 0. The van der Waals surface area contributed by atoms with E-state index >= 15 is 0 Å². The van der Waals surface area contributed by atoms with E-state index in [4.69, 9.17) is 5.73 Å². The molecule has 0 fully saturated rings. The topological polar surface area (TPSA) is 98.0 Å². The van der Waals surface area contributed by atoms with Crippen molar-refractivity contribution in [3.8, 4) is 0 Å². The molecule has 0 saturated carbocycles. The fourth-order valence-corrected chi connectivity index (χ4v) is 2.47. The van der Waals surface area contributed by atoms with Crippen molar-refractivity contribution in [2.75, 3.05) is 4.72 Å². The van der Waals surface area contributed by atoms with E-state index in [0.717, 1.165) is 12.1 Å². The van der Waals surface area contributed by atoms with Crippen molar-refractivity contribution < 1.29 is 12.8 Å². The first-order valence-corrected chi connectivity index (χ1v) is 6.78. The van der Waals surface area contributed by atoms with Crippen LogP contribution in [0.15, 0.2) is 41.7 Å². The van der Waals surface area contributed by atoms with E-state index in [1.807, 2.05) is 0 Å². The lowest BCUT2D eigenvalue weighted by Gasteiger charge is -2.08. The number of benzene rings is 1. The zero-order valence-corrected chi connectivity index (χ0v) is 10.6. The number of nitrogens with one attached hydrogen (secondary N) is 1. The van der Waals surface area contributed by atoms with Crippen LogP contribution in [0.25, 0.3) is 0 Å². The molecular formula is C11H11FN4O2S. The lowest BCUT2D eigenvalue weighted by Crippen LogP contribution is -2.15. The minimum absolute atomic E-state index is 0.0830. The van der Waals surface area contributed by atoms with Crippen LogP contribution in [0.2, 0.25) is 0 Å². The summed E-state index contributed by atoms with van der Waals surface area (Å²) in [5, 5.41) is 0. The molecule has 0 unspecified atom stereocenters. The van der Waals surface area contributed by atoms with Crippen molar-refractivity contribution in [1.29, 1.82) is 0 Å². The van der Waals surface area contributed by atoms with Crippen LogP contribution < -0.4 is 10.5 Å². The maximum atomic E-state index is 13.3. The minimum Gasteiger partial charge on any atom is -0.326 e. The van der Waals surface area contributed by atoms with Gasteiger partial charge in [-0.15, -0.1) is 0 Å². The maximum Gasteiger partial charge on any atom is 0.263 e. The quantitative estimate of drug-likeness (QED) is 0.867. The highest BCUT2D eigenvalue weighted by molar-refractivity contribution is 7.92. The van der Waals surface area contributed by atoms with Crippen molar-refractivity contribution in [3.05, 3.63) is 48.2 Å². The van der Waals surface area contributed by atoms with Gasteiger partial charge in [-0.05, 0) is 18.2 Å². The number of anilines is 1. The molecule has 0 aliphatic carbocycles. The molecule has 0 aliphatic rings. The van der Waals surface area contributed by atoms with E-state index in [-0.39, 0.29) is 22.8 Å². The Kier molecular flexibility index (Phi) is 3.72. The molecule has 1 aromatic carbocycles. The Morgan fingerprint density at radius 2 is 2.11 bits per heavy atom. The van der Waals surface area contributed by atoms with Crippen molar-refractivity contribution in [3.63, 3.8) is 0 Å². The third-order valence-corrected chi connectivity index (χ3v) is 3.70. The van der Waals surface area contributed by atoms with Crippen LogP contribution in [0.5, 0.6) is 0 Å². The molecule has 3 N–H and O–H groups in total. The first kappa shape index (κ1) is 13.4. The first-order valence-electron chi connectivity index (χ1n) is 5.30. The van der Waals surface area contributed by atoms with Crippen LogP contribution >= 0.6 is 0 Å². The highest BCUT2D eigenvalue weighted by Crippen LogP contribution is 2.17. The van der Waals surface area contributed by atoms with E-state index in [1.165, 1.54) is 24.7 Å². The van der Waals surface area contributed by atoms with Gasteiger partial charge in [0.1, 0.15) is 5.82 Å². The highest BCUT2D eigenvalue weighted by atomic mass is 32.2. The Bertz CT molecular complexity index is 676. The summed E-state index contributed by atoms with van der Waals surface area (Å²) in [4.78, 5) is 7.46. The molecule has 2 aromatic rings. The minimum atomic E-state index is -3.84. The van der Waals surface area contributed by atoms with Crippen LogP contribution in [-0.4, -0.2) is 18.4 Å². The van der Waals surface area contributed by atoms with Gasteiger partial charge in [0.15, 0.2) is 5.82 Å². The van der Waals surface area contributed by atoms with Crippen molar-refractivity contribution in [2.45, 2.75) is 11.4 Å². The van der Waals surface area contributed by atoms with Crippen LogP contribution in [0, 0.1) is 5.82 Å². The summed E-state index contributed by atoms with van der Waals surface area (Å²) in [5.74, 6) is -0.456. The molecule has 2 rings (SSSR count). The summed E-state index contributed by atoms with van der Waals surface area (Å²) in [6, 6.07) is 3.41. The number of nitrogens with two attached hydrogens (primary N) is 1. The highest BCUT2D eigenvalue weighted by Gasteiger charge is 2.16. The molecule has 0 amide bonds. The fourth-order valence-electron chi connectivity index (χ4n) is 1.42. The first-order chi connectivity index (χ1) is 9.03. The second kappa shape index (κ2) is 5.29. The smallest absolute Gasteiger partial charge is 0.263 e. The molecule has 8 heteroatoms. The van der Waals surface area contributed by atoms with Gasteiger partial charge in [-0.1, -0.05) is 0 Å². The summed E-state index contributed by atoms with van der Waals surface area (Å²) in [7, 11) is -3.84. The van der Waals surface area contributed by atoms with E-state index in [1.54, 1.807) is 0 Å². The summed E-state index contributed by atoms with van der Waals surface area (Å²) in [6.07, 6.45) is 4.04. The van der Waals surface area contributed by atoms with E-state index < -0.39 is 15.8 Å². The SMILES string of the molecule is NCc1cc(S(=O)(=O)Nc2cnccn2)ccc1F. The zero-order chi connectivity index (χ0) is 13.9. The number of nitrogens with zero attached hydrogens (tertiary/aromatic N) is 2. The van der Waals surface area contributed by atoms with Gasteiger partial charge in [0.05, 0.1) is 11.1 Å². The lowest BCUT2D eigenvalue weighted by atomic mass is 10.2. The van der Waals surface area contributed by atoms with Gasteiger partial charge < -0.3 is 5.73 Å². The van der Waals surface area contributed by atoms with Gasteiger partial charge >= 0.3 is 0 Å². The molecule has 0 atom stereocenters. The largest absolute Gasteiger partial charge is 0.326 e. The normalized spacial score (nSPS) is 11.3. The number of hydrogen-bond donors (Lipinski definition) is 2. The van der Waals surface area contributed by atoms with Gasteiger partial charge in [-0.25, -0.2) is 17.8 Å². The Morgan fingerprint density at radius 1 is 1.32 bits per heavy atom. The Balaban J connectivity index is 2.35. The maximum absolute atomic E-state index is 13.3. The third-order valence-electron chi connectivity index (χ3n) is 2.35. The van der Waals surface area contributed by atoms with E-state index in [2.05, 4.69) is 14.7 Å². The summed E-state index contributed by atoms with van der Waals surface area (Å²) in [6.45, 7) is -0.0830. The van der Waals surface area contributed by atoms with Gasteiger partial charge in [0.2, 0.25) is 0 Å². The average Bonchev–Trinajstić information content (AvgIpc) is 2.39. The second-order valence-corrected chi connectivity index (χ2v) is 5.34.